The van der Waals surface area contributed by atoms with Crippen LogP contribution in [0.4, 0.5) is 0 Å². The molecule has 0 amide bonds. The van der Waals surface area contributed by atoms with E-state index in [4.69, 9.17) is 9.47 Å². The average molecular weight is 306 g/mol. The zero-order valence-electron chi connectivity index (χ0n) is 12.9. The molecule has 0 aromatic heterocycles. The molecule has 3 nitrogen and oxygen atoms in total. The van der Waals surface area contributed by atoms with Crippen LogP contribution in [0.5, 0.6) is 17.2 Å². The van der Waals surface area contributed by atoms with Gasteiger partial charge in [0, 0.05) is 11.1 Å². The van der Waals surface area contributed by atoms with Crippen molar-refractivity contribution in [2.45, 2.75) is 6.61 Å². The van der Waals surface area contributed by atoms with Crippen molar-refractivity contribution >= 4 is 0 Å². The van der Waals surface area contributed by atoms with Crippen molar-refractivity contribution in [3.05, 3.63) is 78.4 Å². The number of hydrogen-bond acceptors (Lipinski definition) is 3. The summed E-state index contributed by atoms with van der Waals surface area (Å²) in [7, 11) is 1.61. The molecule has 3 rings (SSSR count). The monoisotopic (exact) mass is 306 g/mol. The van der Waals surface area contributed by atoms with Gasteiger partial charge in [0.1, 0.15) is 12.4 Å². The Balaban J connectivity index is 1.99. The van der Waals surface area contributed by atoms with Gasteiger partial charge in [0.15, 0.2) is 11.5 Å². The minimum absolute atomic E-state index is 0.213. The van der Waals surface area contributed by atoms with Gasteiger partial charge in [-0.15, -0.1) is 0 Å². The highest BCUT2D eigenvalue weighted by Gasteiger charge is 2.15. The molecule has 0 fully saturated rings. The highest BCUT2D eigenvalue weighted by Crippen LogP contribution is 2.41. The topological polar surface area (TPSA) is 38.7 Å². The zero-order chi connectivity index (χ0) is 16.1. The molecule has 0 spiro atoms. The summed E-state index contributed by atoms with van der Waals surface area (Å²) < 4.78 is 11.4. The van der Waals surface area contributed by atoms with E-state index < -0.39 is 0 Å². The Bertz CT molecular complexity index is 782. The third-order valence-corrected chi connectivity index (χ3v) is 3.62. The van der Waals surface area contributed by atoms with Gasteiger partial charge >= 0.3 is 0 Å². The maximum absolute atomic E-state index is 10.1. The zero-order valence-corrected chi connectivity index (χ0v) is 12.9. The number of rotatable bonds is 5. The number of phenols is 1. The van der Waals surface area contributed by atoms with Gasteiger partial charge in [0.25, 0.3) is 0 Å². The molecule has 1 N–H and O–H groups in total. The predicted molar refractivity (Wildman–Crippen MR) is 90.9 cm³/mol. The fraction of sp³-hybridized carbons (Fsp3) is 0.100. The smallest absolute Gasteiger partial charge is 0.169 e. The summed E-state index contributed by atoms with van der Waals surface area (Å²) in [5, 5.41) is 10.1. The van der Waals surface area contributed by atoms with Crippen LogP contribution in [-0.4, -0.2) is 12.2 Å². The van der Waals surface area contributed by atoms with Crippen molar-refractivity contribution < 1.29 is 14.6 Å². The van der Waals surface area contributed by atoms with Crippen molar-refractivity contribution in [3.63, 3.8) is 0 Å². The minimum Gasteiger partial charge on any atom is -0.507 e. The molecule has 0 unspecified atom stereocenters. The molecule has 0 saturated heterocycles. The number of aromatic hydroxyl groups is 1. The first kappa shape index (κ1) is 15.0. The molecule has 3 aromatic carbocycles. The van der Waals surface area contributed by atoms with E-state index in [0.29, 0.717) is 18.1 Å². The summed E-state index contributed by atoms with van der Waals surface area (Å²) in [6.45, 7) is 0.432. The Labute approximate surface area is 135 Å². The molecule has 0 heterocycles. The Morgan fingerprint density at radius 3 is 2.22 bits per heavy atom. The second kappa shape index (κ2) is 6.88. The van der Waals surface area contributed by atoms with Crippen LogP contribution in [0.15, 0.2) is 72.8 Å². The second-order valence-corrected chi connectivity index (χ2v) is 5.13. The number of benzene rings is 3. The van der Waals surface area contributed by atoms with Gasteiger partial charge in [0.2, 0.25) is 0 Å². The average Bonchev–Trinajstić information content (AvgIpc) is 2.61. The van der Waals surface area contributed by atoms with Crippen LogP contribution in [0.3, 0.4) is 0 Å². The van der Waals surface area contributed by atoms with Gasteiger partial charge in [-0.05, 0) is 17.7 Å². The lowest BCUT2D eigenvalue weighted by atomic mass is 10.0. The van der Waals surface area contributed by atoms with Crippen molar-refractivity contribution in [1.82, 2.24) is 0 Å². The maximum Gasteiger partial charge on any atom is 0.169 e. The number of hydrogen-bond donors (Lipinski definition) is 1. The molecule has 3 heteroatoms. The molecule has 0 atom stereocenters. The number of para-hydroxylation sites is 2. The quantitative estimate of drug-likeness (QED) is 0.746. The van der Waals surface area contributed by atoms with Gasteiger partial charge in [-0.25, -0.2) is 0 Å². The van der Waals surface area contributed by atoms with E-state index in [1.165, 1.54) is 0 Å². The van der Waals surface area contributed by atoms with Crippen molar-refractivity contribution in [1.29, 1.82) is 0 Å². The van der Waals surface area contributed by atoms with Gasteiger partial charge < -0.3 is 14.6 Å². The van der Waals surface area contributed by atoms with Crippen LogP contribution in [0.25, 0.3) is 11.1 Å². The minimum atomic E-state index is 0.213. The van der Waals surface area contributed by atoms with Crippen LogP contribution in [-0.2, 0) is 6.61 Å². The van der Waals surface area contributed by atoms with Gasteiger partial charge in [-0.1, -0.05) is 60.7 Å². The molecule has 116 valence electrons. The normalized spacial score (nSPS) is 10.3. The van der Waals surface area contributed by atoms with Gasteiger partial charge in [-0.3, -0.25) is 0 Å². The first-order valence-electron chi connectivity index (χ1n) is 7.41. The van der Waals surface area contributed by atoms with Crippen molar-refractivity contribution in [2.24, 2.45) is 0 Å². The molecule has 3 aromatic rings. The highest BCUT2D eigenvalue weighted by atomic mass is 16.5. The summed E-state index contributed by atoms with van der Waals surface area (Å²) >= 11 is 0. The first-order valence-corrected chi connectivity index (χ1v) is 7.41. The van der Waals surface area contributed by atoms with E-state index in [0.717, 1.165) is 16.7 Å². The highest BCUT2D eigenvalue weighted by molar-refractivity contribution is 5.78. The van der Waals surface area contributed by atoms with E-state index in [2.05, 4.69) is 0 Å². The molecule has 0 aliphatic rings. The largest absolute Gasteiger partial charge is 0.507 e. The summed E-state index contributed by atoms with van der Waals surface area (Å²) in [4.78, 5) is 0. The van der Waals surface area contributed by atoms with E-state index in [1.54, 1.807) is 19.2 Å². The van der Waals surface area contributed by atoms with Crippen molar-refractivity contribution in [2.75, 3.05) is 7.11 Å². The van der Waals surface area contributed by atoms with Crippen LogP contribution in [0, 0.1) is 0 Å². The summed E-state index contributed by atoms with van der Waals surface area (Å²) in [6.07, 6.45) is 0. The fourth-order valence-corrected chi connectivity index (χ4v) is 2.47. The van der Waals surface area contributed by atoms with Crippen LogP contribution in [0.2, 0.25) is 0 Å². The second-order valence-electron chi connectivity index (χ2n) is 5.13. The maximum atomic E-state index is 10.1. The number of methoxy groups -OCH3 is 1. The first-order chi connectivity index (χ1) is 11.3. The lowest BCUT2D eigenvalue weighted by Gasteiger charge is -2.16. The molecular formula is C20H18O3. The van der Waals surface area contributed by atoms with Gasteiger partial charge in [0.05, 0.1) is 7.11 Å². The number of ether oxygens (including phenoxy) is 2. The van der Waals surface area contributed by atoms with Crippen LogP contribution in [0.1, 0.15) is 5.56 Å². The summed E-state index contributed by atoms with van der Waals surface area (Å²) in [5.41, 5.74) is 2.59. The Hall–Kier alpha value is -2.94. The molecule has 0 radical (unpaired) electrons. The van der Waals surface area contributed by atoms with Gasteiger partial charge in [-0.2, -0.15) is 0 Å². The third kappa shape index (κ3) is 3.29. The molecule has 0 bridgehead atoms. The molecular weight excluding hydrogens is 288 g/mol. The van der Waals surface area contributed by atoms with Crippen LogP contribution < -0.4 is 9.47 Å². The number of phenolic OH excluding ortho intramolecular Hbond substituents is 1. The lowest BCUT2D eigenvalue weighted by Crippen LogP contribution is -1.99. The standard InChI is InChI=1S/C20H18O3/c1-22-19-13-7-11-17(16-10-5-6-12-18(16)21)20(19)23-14-15-8-3-2-4-9-15/h2-13,21H,14H2,1H3. The third-order valence-electron chi connectivity index (χ3n) is 3.62. The van der Waals surface area contributed by atoms with E-state index in [1.807, 2.05) is 60.7 Å². The molecule has 0 saturated carbocycles. The van der Waals surface area contributed by atoms with Crippen LogP contribution >= 0.6 is 0 Å². The summed E-state index contributed by atoms with van der Waals surface area (Å²) in [6, 6.07) is 22.8. The SMILES string of the molecule is COc1cccc(-c2ccccc2O)c1OCc1ccccc1. The van der Waals surface area contributed by atoms with E-state index in [-0.39, 0.29) is 5.75 Å². The molecule has 0 aliphatic heterocycles. The van der Waals surface area contributed by atoms with E-state index in [9.17, 15) is 5.11 Å². The van der Waals surface area contributed by atoms with Crippen molar-refractivity contribution in [3.8, 4) is 28.4 Å². The van der Waals surface area contributed by atoms with E-state index >= 15 is 0 Å². The Morgan fingerprint density at radius 1 is 0.783 bits per heavy atom. The summed E-state index contributed by atoms with van der Waals surface area (Å²) in [5.74, 6) is 1.48. The predicted octanol–water partition coefficient (Wildman–Crippen LogP) is 4.65. The Morgan fingerprint density at radius 2 is 1.48 bits per heavy atom. The Kier molecular flexibility index (Phi) is 4.48. The molecule has 0 aliphatic carbocycles. The molecule has 23 heavy (non-hydrogen) atoms. The fourth-order valence-electron chi connectivity index (χ4n) is 2.47. The lowest BCUT2D eigenvalue weighted by molar-refractivity contribution is 0.285.